The van der Waals surface area contributed by atoms with Crippen LogP contribution in [0.5, 0.6) is 0 Å². The summed E-state index contributed by atoms with van der Waals surface area (Å²) < 4.78 is 29.8. The predicted octanol–water partition coefficient (Wildman–Crippen LogP) is 4.05. The summed E-state index contributed by atoms with van der Waals surface area (Å²) in [5.41, 5.74) is 4.26. The van der Waals surface area contributed by atoms with Crippen LogP contribution < -0.4 is 0 Å². The van der Waals surface area contributed by atoms with Gasteiger partial charge >= 0.3 is 0 Å². The largest absolute Gasteiger partial charge is 0.337 e. The third-order valence-corrected chi connectivity index (χ3v) is 7.55. The first-order valence-corrected chi connectivity index (χ1v) is 12.0. The zero-order valence-corrected chi connectivity index (χ0v) is 19.0. The summed E-state index contributed by atoms with van der Waals surface area (Å²) in [5.74, 6) is -0.488. The lowest BCUT2D eigenvalue weighted by molar-refractivity contribution is 0.0704. The standard InChI is InChI=1S/C25H32F2N4O/c1-3-18-19(6-7-21(26)23(18)27)17-8-12-31(13-9-17)25(32)24-20-10-11-30(14-16-4-5-16)15-22(20)29(2)28-24/h6-7,16-17H,3-5,8-15H2,1-2H3. The van der Waals surface area contributed by atoms with Crippen LogP contribution in [0.3, 0.4) is 0 Å². The van der Waals surface area contributed by atoms with E-state index in [2.05, 4.69) is 10.00 Å². The van der Waals surface area contributed by atoms with Crippen LogP contribution in [0, 0.1) is 17.6 Å². The lowest BCUT2D eigenvalue weighted by atomic mass is 9.85. The number of rotatable bonds is 5. The monoisotopic (exact) mass is 442 g/mol. The maximum absolute atomic E-state index is 14.3. The second kappa shape index (κ2) is 8.58. The van der Waals surface area contributed by atoms with E-state index in [1.165, 1.54) is 24.6 Å². The summed E-state index contributed by atoms with van der Waals surface area (Å²) in [6.07, 6.45) is 5.55. The number of piperidine rings is 1. The lowest BCUT2D eigenvalue weighted by Crippen LogP contribution is -2.39. The minimum Gasteiger partial charge on any atom is -0.337 e. The average molecular weight is 443 g/mol. The van der Waals surface area contributed by atoms with Crippen molar-refractivity contribution in [1.29, 1.82) is 0 Å². The number of hydrogen-bond acceptors (Lipinski definition) is 3. The second-order valence-corrected chi connectivity index (χ2v) is 9.68. The average Bonchev–Trinajstić information content (AvgIpc) is 3.56. The Morgan fingerprint density at radius 1 is 1.12 bits per heavy atom. The Morgan fingerprint density at radius 3 is 2.56 bits per heavy atom. The van der Waals surface area contributed by atoms with Crippen LogP contribution in [0.1, 0.15) is 71.4 Å². The SMILES string of the molecule is CCc1c(C2CCN(C(=O)c3nn(C)c4c3CCN(CC3CC3)C4)CC2)ccc(F)c1F. The topological polar surface area (TPSA) is 41.4 Å². The Kier molecular flexibility index (Phi) is 5.78. The van der Waals surface area contributed by atoms with E-state index in [-0.39, 0.29) is 11.8 Å². The van der Waals surface area contributed by atoms with Gasteiger partial charge in [-0.1, -0.05) is 13.0 Å². The van der Waals surface area contributed by atoms with E-state index < -0.39 is 11.6 Å². The summed E-state index contributed by atoms with van der Waals surface area (Å²) in [7, 11) is 1.94. The van der Waals surface area contributed by atoms with E-state index >= 15 is 0 Å². The van der Waals surface area contributed by atoms with Gasteiger partial charge in [0.05, 0.1) is 5.69 Å². The van der Waals surface area contributed by atoms with Crippen LogP contribution in [-0.2, 0) is 26.4 Å². The number of likely N-dealkylation sites (tertiary alicyclic amines) is 1. The maximum Gasteiger partial charge on any atom is 0.274 e. The van der Waals surface area contributed by atoms with E-state index in [0.717, 1.165) is 55.9 Å². The fraction of sp³-hybridized carbons (Fsp3) is 0.600. The van der Waals surface area contributed by atoms with Crippen molar-refractivity contribution in [3.63, 3.8) is 0 Å². The summed E-state index contributed by atoms with van der Waals surface area (Å²) in [6, 6.07) is 2.95. The van der Waals surface area contributed by atoms with Crippen molar-refractivity contribution in [1.82, 2.24) is 19.6 Å². The highest BCUT2D eigenvalue weighted by Crippen LogP contribution is 2.34. The number of amides is 1. The fourth-order valence-electron chi connectivity index (χ4n) is 5.51. The number of carbonyl (C=O) groups is 1. The number of fused-ring (bicyclic) bond motifs is 1. The molecule has 0 atom stereocenters. The van der Waals surface area contributed by atoms with Crippen LogP contribution in [0.25, 0.3) is 0 Å². The molecule has 2 aliphatic heterocycles. The van der Waals surface area contributed by atoms with E-state index in [1.54, 1.807) is 6.07 Å². The van der Waals surface area contributed by atoms with Gasteiger partial charge in [0.25, 0.3) is 5.91 Å². The van der Waals surface area contributed by atoms with Gasteiger partial charge in [-0.05, 0) is 67.6 Å². The number of benzene rings is 1. The van der Waals surface area contributed by atoms with Gasteiger partial charge in [-0.2, -0.15) is 5.10 Å². The molecule has 1 aromatic carbocycles. The number of nitrogens with zero attached hydrogens (tertiary/aromatic N) is 4. The van der Waals surface area contributed by atoms with E-state index in [1.807, 2.05) is 23.6 Å². The van der Waals surface area contributed by atoms with Gasteiger partial charge < -0.3 is 4.90 Å². The van der Waals surface area contributed by atoms with Crippen molar-refractivity contribution in [2.75, 3.05) is 26.2 Å². The number of hydrogen-bond donors (Lipinski definition) is 0. The Morgan fingerprint density at radius 2 is 1.88 bits per heavy atom. The lowest BCUT2D eigenvalue weighted by Gasteiger charge is -2.33. The molecule has 5 rings (SSSR count). The Bertz CT molecular complexity index is 1020. The minimum atomic E-state index is -0.783. The summed E-state index contributed by atoms with van der Waals surface area (Å²) >= 11 is 0. The molecular formula is C25H32F2N4O. The van der Waals surface area contributed by atoms with Crippen molar-refractivity contribution in [2.45, 2.75) is 57.9 Å². The number of aromatic nitrogens is 2. The van der Waals surface area contributed by atoms with Gasteiger partial charge in [0.1, 0.15) is 0 Å². The Labute approximate surface area is 188 Å². The molecule has 0 radical (unpaired) electrons. The molecule has 3 aliphatic rings. The quantitative estimate of drug-likeness (QED) is 0.702. The molecule has 5 nitrogen and oxygen atoms in total. The first-order chi connectivity index (χ1) is 15.5. The molecule has 172 valence electrons. The molecule has 2 fully saturated rings. The third kappa shape index (κ3) is 3.96. The molecule has 1 amide bonds. The molecule has 0 N–H and O–H groups in total. The van der Waals surface area contributed by atoms with Crippen LogP contribution in [0.15, 0.2) is 12.1 Å². The fourth-order valence-corrected chi connectivity index (χ4v) is 5.51. The van der Waals surface area contributed by atoms with Gasteiger partial charge in [-0.25, -0.2) is 8.78 Å². The van der Waals surface area contributed by atoms with Crippen LogP contribution in [0.2, 0.25) is 0 Å². The summed E-state index contributed by atoms with van der Waals surface area (Å²) in [4.78, 5) is 17.7. The number of carbonyl (C=O) groups excluding carboxylic acids is 1. The minimum absolute atomic E-state index is 0.0111. The molecule has 32 heavy (non-hydrogen) atoms. The smallest absolute Gasteiger partial charge is 0.274 e. The van der Waals surface area contributed by atoms with Gasteiger partial charge in [0, 0.05) is 45.3 Å². The predicted molar refractivity (Wildman–Crippen MR) is 119 cm³/mol. The van der Waals surface area contributed by atoms with Gasteiger partial charge in [0.2, 0.25) is 0 Å². The van der Waals surface area contributed by atoms with Crippen molar-refractivity contribution in [3.05, 3.63) is 51.8 Å². The first-order valence-electron chi connectivity index (χ1n) is 12.0. The first kappa shape index (κ1) is 21.6. The van der Waals surface area contributed by atoms with E-state index in [4.69, 9.17) is 0 Å². The van der Waals surface area contributed by atoms with Crippen LogP contribution in [0.4, 0.5) is 8.78 Å². The molecule has 0 spiro atoms. The van der Waals surface area contributed by atoms with E-state index in [0.29, 0.717) is 30.8 Å². The highest BCUT2D eigenvalue weighted by atomic mass is 19.2. The number of halogens is 2. The molecule has 3 heterocycles. The molecule has 1 aliphatic carbocycles. The zero-order valence-electron chi connectivity index (χ0n) is 19.0. The van der Waals surface area contributed by atoms with Crippen molar-refractivity contribution >= 4 is 5.91 Å². The highest BCUT2D eigenvalue weighted by molar-refractivity contribution is 5.94. The molecule has 2 aromatic rings. The molecule has 1 saturated heterocycles. The Balaban J connectivity index is 1.27. The second-order valence-electron chi connectivity index (χ2n) is 9.68. The molecule has 0 unspecified atom stereocenters. The number of aryl methyl sites for hydroxylation is 1. The maximum atomic E-state index is 14.3. The van der Waals surface area contributed by atoms with E-state index in [9.17, 15) is 13.6 Å². The van der Waals surface area contributed by atoms with Crippen molar-refractivity contribution < 1.29 is 13.6 Å². The Hall–Kier alpha value is -2.28. The van der Waals surface area contributed by atoms with Gasteiger partial charge in [-0.3, -0.25) is 14.4 Å². The molecule has 7 heteroatoms. The molecule has 0 bridgehead atoms. The van der Waals surface area contributed by atoms with Crippen LogP contribution >= 0.6 is 0 Å². The third-order valence-electron chi connectivity index (χ3n) is 7.55. The highest BCUT2D eigenvalue weighted by Gasteiger charge is 2.33. The molecule has 1 aromatic heterocycles. The van der Waals surface area contributed by atoms with Crippen LogP contribution in [-0.4, -0.2) is 51.7 Å². The normalized spacial score (nSPS) is 19.9. The van der Waals surface area contributed by atoms with Crippen molar-refractivity contribution in [3.8, 4) is 0 Å². The summed E-state index contributed by atoms with van der Waals surface area (Å²) in [6.45, 7) is 6.12. The van der Waals surface area contributed by atoms with Gasteiger partial charge in [0.15, 0.2) is 17.3 Å². The molecule has 1 saturated carbocycles. The van der Waals surface area contributed by atoms with Gasteiger partial charge in [-0.15, -0.1) is 0 Å². The molecular weight excluding hydrogens is 410 g/mol. The zero-order chi connectivity index (χ0) is 22.4. The summed E-state index contributed by atoms with van der Waals surface area (Å²) in [5, 5.41) is 4.63. The van der Waals surface area contributed by atoms with Crippen molar-refractivity contribution in [2.24, 2.45) is 13.0 Å².